The number of nitrogens with zero attached hydrogens (tertiary/aromatic N) is 1. The molecule has 2 aliphatic rings. The number of piperidine rings is 1. The Morgan fingerprint density at radius 1 is 1.33 bits per heavy atom. The van der Waals surface area contributed by atoms with E-state index in [9.17, 15) is 0 Å². The van der Waals surface area contributed by atoms with Gasteiger partial charge in [0.25, 0.3) is 0 Å². The number of rotatable bonds is 2. The normalized spacial score (nSPS) is 43.4. The first-order valence-electron chi connectivity index (χ1n) is 6.28. The van der Waals surface area contributed by atoms with Gasteiger partial charge in [0.1, 0.15) is 0 Å². The van der Waals surface area contributed by atoms with E-state index in [4.69, 9.17) is 5.73 Å². The average molecular weight is 228 g/mol. The molecule has 3 heteroatoms. The second-order valence-corrected chi connectivity index (χ2v) is 6.76. The fourth-order valence-corrected chi connectivity index (χ4v) is 4.24. The van der Waals surface area contributed by atoms with Gasteiger partial charge in [-0.15, -0.1) is 0 Å². The highest BCUT2D eigenvalue weighted by molar-refractivity contribution is 8.00. The molecular formula is C12H24N2S. The van der Waals surface area contributed by atoms with Crippen LogP contribution in [-0.2, 0) is 0 Å². The third kappa shape index (κ3) is 2.69. The lowest BCUT2D eigenvalue weighted by Crippen LogP contribution is -2.51. The van der Waals surface area contributed by atoms with Crippen LogP contribution in [0.25, 0.3) is 0 Å². The summed E-state index contributed by atoms with van der Waals surface area (Å²) in [5.74, 6) is 2.20. The summed E-state index contributed by atoms with van der Waals surface area (Å²) in [6.45, 7) is 6.85. The summed E-state index contributed by atoms with van der Waals surface area (Å²) in [4.78, 5) is 2.70. The molecule has 0 aromatic heterocycles. The maximum Gasteiger partial charge on any atom is 0.0224 e. The largest absolute Gasteiger partial charge is 0.329 e. The van der Waals surface area contributed by atoms with Crippen LogP contribution in [0, 0.1) is 5.92 Å². The van der Waals surface area contributed by atoms with Gasteiger partial charge in [0.2, 0.25) is 0 Å². The van der Waals surface area contributed by atoms with Gasteiger partial charge < -0.3 is 5.73 Å². The zero-order chi connectivity index (χ0) is 10.8. The Kier molecular flexibility index (Phi) is 3.97. The van der Waals surface area contributed by atoms with Crippen molar-refractivity contribution in [3.8, 4) is 0 Å². The Morgan fingerprint density at radius 3 is 2.73 bits per heavy atom. The molecule has 2 N–H and O–H groups in total. The van der Waals surface area contributed by atoms with E-state index in [1.165, 1.54) is 31.6 Å². The molecule has 2 nitrogen and oxygen atoms in total. The second kappa shape index (κ2) is 5.07. The Hall–Kier alpha value is 0.270. The lowest BCUT2D eigenvalue weighted by molar-refractivity contribution is 0.0848. The van der Waals surface area contributed by atoms with E-state index < -0.39 is 0 Å². The average Bonchev–Trinajstić information content (AvgIpc) is 2.64. The molecule has 0 aliphatic carbocycles. The monoisotopic (exact) mass is 228 g/mol. The highest BCUT2D eigenvalue weighted by atomic mass is 32.2. The van der Waals surface area contributed by atoms with Crippen LogP contribution < -0.4 is 5.73 Å². The Bertz CT molecular complexity index is 208. The molecule has 0 radical (unpaired) electrons. The third-order valence-electron chi connectivity index (χ3n) is 3.94. The van der Waals surface area contributed by atoms with Gasteiger partial charge in [-0.3, -0.25) is 4.90 Å². The number of thioether (sulfide) groups is 1. The maximum atomic E-state index is 5.91. The Balaban J connectivity index is 1.95. The molecule has 0 saturated carbocycles. The molecule has 0 spiro atoms. The first-order chi connectivity index (χ1) is 7.20. The smallest absolute Gasteiger partial charge is 0.0224 e. The van der Waals surface area contributed by atoms with Gasteiger partial charge >= 0.3 is 0 Å². The SMILES string of the molecule is CC1CCN(C2CSC(C)C2)C(CN)C1. The van der Waals surface area contributed by atoms with Crippen molar-refractivity contribution in [3.05, 3.63) is 0 Å². The topological polar surface area (TPSA) is 29.3 Å². The first-order valence-corrected chi connectivity index (χ1v) is 7.33. The first kappa shape index (κ1) is 11.7. The van der Waals surface area contributed by atoms with E-state index >= 15 is 0 Å². The molecule has 4 atom stereocenters. The Morgan fingerprint density at radius 2 is 2.13 bits per heavy atom. The minimum absolute atomic E-state index is 0.657. The summed E-state index contributed by atoms with van der Waals surface area (Å²) in [7, 11) is 0. The van der Waals surface area contributed by atoms with E-state index in [0.29, 0.717) is 6.04 Å². The van der Waals surface area contributed by atoms with E-state index in [1.807, 2.05) is 0 Å². The summed E-state index contributed by atoms with van der Waals surface area (Å²) >= 11 is 2.13. The van der Waals surface area contributed by atoms with Gasteiger partial charge in [-0.2, -0.15) is 11.8 Å². The summed E-state index contributed by atoms with van der Waals surface area (Å²) in [6, 6.07) is 1.47. The number of likely N-dealkylation sites (tertiary alicyclic amines) is 1. The summed E-state index contributed by atoms with van der Waals surface area (Å²) in [6.07, 6.45) is 4.05. The van der Waals surface area contributed by atoms with Crippen LogP contribution >= 0.6 is 11.8 Å². The number of hydrogen-bond acceptors (Lipinski definition) is 3. The zero-order valence-electron chi connectivity index (χ0n) is 9.98. The van der Waals surface area contributed by atoms with Gasteiger partial charge in [0, 0.05) is 29.6 Å². The van der Waals surface area contributed by atoms with E-state index in [1.54, 1.807) is 0 Å². The van der Waals surface area contributed by atoms with Crippen molar-refractivity contribution in [2.24, 2.45) is 11.7 Å². The van der Waals surface area contributed by atoms with Gasteiger partial charge in [0.05, 0.1) is 0 Å². The van der Waals surface area contributed by atoms with E-state index in [0.717, 1.165) is 23.8 Å². The van der Waals surface area contributed by atoms with Crippen LogP contribution in [0.2, 0.25) is 0 Å². The van der Waals surface area contributed by atoms with Crippen LogP contribution in [0.5, 0.6) is 0 Å². The highest BCUT2D eigenvalue weighted by Crippen LogP contribution is 2.33. The number of hydrogen-bond donors (Lipinski definition) is 1. The maximum absolute atomic E-state index is 5.91. The van der Waals surface area contributed by atoms with Crippen molar-refractivity contribution in [2.75, 3.05) is 18.8 Å². The molecule has 2 fully saturated rings. The molecular weight excluding hydrogens is 204 g/mol. The quantitative estimate of drug-likeness (QED) is 0.783. The van der Waals surface area contributed by atoms with Crippen molar-refractivity contribution in [3.63, 3.8) is 0 Å². The molecule has 2 saturated heterocycles. The second-order valence-electron chi connectivity index (χ2n) is 5.29. The molecule has 0 amide bonds. The minimum Gasteiger partial charge on any atom is -0.329 e. The summed E-state index contributed by atoms with van der Waals surface area (Å²) in [5.41, 5.74) is 5.91. The minimum atomic E-state index is 0.657. The number of nitrogens with two attached hydrogens (primary N) is 1. The predicted octanol–water partition coefficient (Wildman–Crippen LogP) is 1.94. The summed E-state index contributed by atoms with van der Waals surface area (Å²) in [5, 5.41) is 0.854. The lowest BCUT2D eigenvalue weighted by atomic mass is 9.91. The van der Waals surface area contributed by atoms with E-state index in [-0.39, 0.29) is 0 Å². The van der Waals surface area contributed by atoms with Crippen molar-refractivity contribution >= 4 is 11.8 Å². The fraction of sp³-hybridized carbons (Fsp3) is 1.00. The van der Waals surface area contributed by atoms with Crippen molar-refractivity contribution in [2.45, 2.75) is 50.4 Å². The van der Waals surface area contributed by atoms with Crippen molar-refractivity contribution in [1.82, 2.24) is 4.90 Å². The third-order valence-corrected chi connectivity index (χ3v) is 5.28. The molecule has 2 rings (SSSR count). The molecule has 0 aromatic carbocycles. The van der Waals surface area contributed by atoms with Gasteiger partial charge in [0.15, 0.2) is 0 Å². The predicted molar refractivity (Wildman–Crippen MR) is 68.3 cm³/mol. The zero-order valence-corrected chi connectivity index (χ0v) is 10.8. The van der Waals surface area contributed by atoms with Crippen molar-refractivity contribution < 1.29 is 0 Å². The van der Waals surface area contributed by atoms with Gasteiger partial charge in [-0.05, 0) is 31.7 Å². The van der Waals surface area contributed by atoms with Crippen LogP contribution in [0.3, 0.4) is 0 Å². The van der Waals surface area contributed by atoms with Crippen LogP contribution in [0.1, 0.15) is 33.1 Å². The molecule has 15 heavy (non-hydrogen) atoms. The van der Waals surface area contributed by atoms with Crippen LogP contribution in [0.15, 0.2) is 0 Å². The molecule has 0 bridgehead atoms. The lowest BCUT2D eigenvalue weighted by Gasteiger charge is -2.41. The molecule has 2 heterocycles. The van der Waals surface area contributed by atoms with E-state index in [2.05, 4.69) is 30.5 Å². The highest BCUT2D eigenvalue weighted by Gasteiger charge is 2.34. The molecule has 4 unspecified atom stereocenters. The molecule has 2 aliphatic heterocycles. The molecule has 0 aromatic rings. The van der Waals surface area contributed by atoms with Gasteiger partial charge in [-0.1, -0.05) is 13.8 Å². The molecule has 88 valence electrons. The Labute approximate surface area is 98.0 Å². The standard InChI is InChI=1S/C12H24N2S/c1-9-3-4-14(11(5-9)7-13)12-6-10(2)15-8-12/h9-12H,3-8,13H2,1-2H3. The van der Waals surface area contributed by atoms with Gasteiger partial charge in [-0.25, -0.2) is 0 Å². The summed E-state index contributed by atoms with van der Waals surface area (Å²) < 4.78 is 0. The van der Waals surface area contributed by atoms with Crippen molar-refractivity contribution in [1.29, 1.82) is 0 Å². The fourth-order valence-electron chi connectivity index (χ4n) is 3.01. The van der Waals surface area contributed by atoms with Crippen LogP contribution in [-0.4, -0.2) is 41.1 Å². The van der Waals surface area contributed by atoms with Crippen LogP contribution in [0.4, 0.5) is 0 Å².